The third kappa shape index (κ3) is 6.17. The van der Waals surface area contributed by atoms with Crippen LogP contribution in [0.5, 0.6) is 0 Å². The van der Waals surface area contributed by atoms with Gasteiger partial charge in [0.1, 0.15) is 0 Å². The van der Waals surface area contributed by atoms with Gasteiger partial charge in [0.15, 0.2) is 0 Å². The van der Waals surface area contributed by atoms with Crippen molar-refractivity contribution in [2.45, 2.75) is 0 Å². The second-order valence-corrected chi connectivity index (χ2v) is 2.72. The van der Waals surface area contributed by atoms with E-state index >= 15 is 0 Å². The summed E-state index contributed by atoms with van der Waals surface area (Å²) in [7, 11) is 3.25. The van der Waals surface area contributed by atoms with Gasteiger partial charge in [-0.2, -0.15) is 0 Å². The van der Waals surface area contributed by atoms with Crippen molar-refractivity contribution in [2.24, 2.45) is 0 Å². The Morgan fingerprint density at radius 3 is 1.64 bits per heavy atom. The molecule has 0 atom stereocenters. The standard InChI is InChI=1S/C6H4Cl2.C2H6O/c7-5-2-1-3-6(8)4-5;1-3-2/h1-4H;1-2H3. The number of halogens is 2. The zero-order chi connectivity index (χ0) is 8.69. The Balaban J connectivity index is 0.000000292. The molecule has 0 unspecified atom stereocenters. The highest BCUT2D eigenvalue weighted by atomic mass is 35.5. The van der Waals surface area contributed by atoms with E-state index in [4.69, 9.17) is 23.2 Å². The molecular weight excluding hydrogens is 183 g/mol. The quantitative estimate of drug-likeness (QED) is 0.614. The van der Waals surface area contributed by atoms with E-state index in [1.807, 2.05) is 6.07 Å². The first-order valence-electron chi connectivity index (χ1n) is 3.02. The Kier molecular flexibility index (Phi) is 6.33. The lowest BCUT2D eigenvalue weighted by atomic mass is 10.4. The van der Waals surface area contributed by atoms with Crippen molar-refractivity contribution in [2.75, 3.05) is 14.2 Å². The molecule has 0 N–H and O–H groups in total. The lowest BCUT2D eigenvalue weighted by Gasteiger charge is -1.86. The minimum absolute atomic E-state index is 0.678. The zero-order valence-corrected chi connectivity index (χ0v) is 7.99. The van der Waals surface area contributed by atoms with Crippen LogP contribution in [0.25, 0.3) is 0 Å². The van der Waals surface area contributed by atoms with Crippen LogP contribution in [0, 0.1) is 0 Å². The largest absolute Gasteiger partial charge is 0.388 e. The van der Waals surface area contributed by atoms with Crippen molar-refractivity contribution in [1.29, 1.82) is 0 Å². The summed E-state index contributed by atoms with van der Waals surface area (Å²) in [5.74, 6) is 0. The molecule has 0 heterocycles. The third-order valence-corrected chi connectivity index (χ3v) is 1.26. The average molecular weight is 193 g/mol. The highest BCUT2D eigenvalue weighted by Crippen LogP contribution is 2.13. The summed E-state index contributed by atoms with van der Waals surface area (Å²) in [4.78, 5) is 0. The predicted molar refractivity (Wildman–Crippen MR) is 49.4 cm³/mol. The number of hydrogen-bond donors (Lipinski definition) is 0. The predicted octanol–water partition coefficient (Wildman–Crippen LogP) is 3.26. The Bertz CT molecular complexity index is 184. The van der Waals surface area contributed by atoms with Crippen LogP contribution in [0.2, 0.25) is 10.0 Å². The molecule has 0 fully saturated rings. The lowest BCUT2D eigenvalue weighted by Crippen LogP contribution is -1.61. The molecule has 0 aliphatic rings. The maximum absolute atomic E-state index is 5.56. The van der Waals surface area contributed by atoms with Crippen LogP contribution in [0.1, 0.15) is 0 Å². The van der Waals surface area contributed by atoms with E-state index in [0.29, 0.717) is 10.0 Å². The van der Waals surface area contributed by atoms with Gasteiger partial charge in [-0.3, -0.25) is 0 Å². The van der Waals surface area contributed by atoms with Gasteiger partial charge in [0, 0.05) is 24.3 Å². The van der Waals surface area contributed by atoms with Gasteiger partial charge >= 0.3 is 0 Å². The molecule has 0 aliphatic carbocycles. The molecule has 1 rings (SSSR count). The summed E-state index contributed by atoms with van der Waals surface area (Å²) in [6.45, 7) is 0. The number of ether oxygens (including phenoxy) is 1. The van der Waals surface area contributed by atoms with Gasteiger partial charge in [-0.15, -0.1) is 0 Å². The van der Waals surface area contributed by atoms with Gasteiger partial charge < -0.3 is 4.74 Å². The lowest BCUT2D eigenvalue weighted by molar-refractivity contribution is 0.277. The summed E-state index contributed by atoms with van der Waals surface area (Å²) < 4.78 is 4.25. The fourth-order valence-corrected chi connectivity index (χ4v) is 0.896. The highest BCUT2D eigenvalue weighted by molar-refractivity contribution is 6.34. The van der Waals surface area contributed by atoms with Gasteiger partial charge in [0.05, 0.1) is 0 Å². The molecule has 1 nitrogen and oxygen atoms in total. The van der Waals surface area contributed by atoms with E-state index in [0.717, 1.165) is 0 Å². The minimum atomic E-state index is 0.678. The molecule has 1 aromatic carbocycles. The maximum Gasteiger partial charge on any atom is 0.0420 e. The van der Waals surface area contributed by atoms with E-state index in [-0.39, 0.29) is 0 Å². The van der Waals surface area contributed by atoms with Gasteiger partial charge in [-0.05, 0) is 18.2 Å². The molecule has 0 saturated carbocycles. The smallest absolute Gasteiger partial charge is 0.0420 e. The minimum Gasteiger partial charge on any atom is -0.388 e. The van der Waals surface area contributed by atoms with Gasteiger partial charge in [0.2, 0.25) is 0 Å². The first-order valence-corrected chi connectivity index (χ1v) is 3.77. The van der Waals surface area contributed by atoms with Crippen LogP contribution < -0.4 is 0 Å². The molecule has 0 aromatic heterocycles. The number of benzene rings is 1. The fraction of sp³-hybridized carbons (Fsp3) is 0.250. The Labute approximate surface area is 76.9 Å². The normalized spacial score (nSPS) is 8.36. The van der Waals surface area contributed by atoms with Crippen LogP contribution >= 0.6 is 23.2 Å². The summed E-state index contributed by atoms with van der Waals surface area (Å²) in [6, 6.07) is 7.08. The number of methoxy groups -OCH3 is 1. The van der Waals surface area contributed by atoms with E-state index in [1.54, 1.807) is 32.4 Å². The molecule has 0 amide bonds. The topological polar surface area (TPSA) is 9.23 Å². The van der Waals surface area contributed by atoms with Crippen molar-refractivity contribution in [3.8, 4) is 0 Å². The molecule has 3 heteroatoms. The van der Waals surface area contributed by atoms with Crippen molar-refractivity contribution in [3.05, 3.63) is 34.3 Å². The van der Waals surface area contributed by atoms with Gasteiger partial charge in [-0.1, -0.05) is 29.3 Å². The van der Waals surface area contributed by atoms with Crippen LogP contribution in [0.3, 0.4) is 0 Å². The first-order chi connectivity index (χ1) is 5.20. The Morgan fingerprint density at radius 1 is 1.09 bits per heavy atom. The molecule has 0 saturated heterocycles. The van der Waals surface area contributed by atoms with E-state index in [1.165, 1.54) is 0 Å². The SMILES string of the molecule is COC.Clc1cccc(Cl)c1. The summed E-state index contributed by atoms with van der Waals surface area (Å²) in [5.41, 5.74) is 0. The van der Waals surface area contributed by atoms with Crippen LogP contribution in [-0.2, 0) is 4.74 Å². The van der Waals surface area contributed by atoms with E-state index in [2.05, 4.69) is 4.74 Å². The molecule has 0 radical (unpaired) electrons. The van der Waals surface area contributed by atoms with Crippen molar-refractivity contribution >= 4 is 23.2 Å². The van der Waals surface area contributed by atoms with Crippen molar-refractivity contribution in [3.63, 3.8) is 0 Å². The average Bonchev–Trinajstić information content (AvgIpc) is 1.88. The maximum atomic E-state index is 5.56. The molecule has 0 aliphatic heterocycles. The summed E-state index contributed by atoms with van der Waals surface area (Å²) >= 11 is 11.1. The van der Waals surface area contributed by atoms with Crippen LogP contribution in [0.4, 0.5) is 0 Å². The van der Waals surface area contributed by atoms with Gasteiger partial charge in [0.25, 0.3) is 0 Å². The Morgan fingerprint density at radius 2 is 1.45 bits per heavy atom. The van der Waals surface area contributed by atoms with E-state index in [9.17, 15) is 0 Å². The number of hydrogen-bond acceptors (Lipinski definition) is 1. The number of rotatable bonds is 0. The third-order valence-electron chi connectivity index (χ3n) is 0.787. The first kappa shape index (κ1) is 10.8. The monoisotopic (exact) mass is 192 g/mol. The molecule has 1 aromatic rings. The second-order valence-electron chi connectivity index (χ2n) is 1.85. The second kappa shape index (κ2) is 6.47. The molecule has 0 bridgehead atoms. The van der Waals surface area contributed by atoms with Crippen molar-refractivity contribution in [1.82, 2.24) is 0 Å². The summed E-state index contributed by atoms with van der Waals surface area (Å²) in [6.07, 6.45) is 0. The zero-order valence-electron chi connectivity index (χ0n) is 6.47. The molecule has 11 heavy (non-hydrogen) atoms. The highest BCUT2D eigenvalue weighted by Gasteiger charge is 1.84. The van der Waals surface area contributed by atoms with Crippen LogP contribution in [0.15, 0.2) is 24.3 Å². The Hall–Kier alpha value is -0.240. The van der Waals surface area contributed by atoms with Crippen LogP contribution in [-0.4, -0.2) is 14.2 Å². The molecule has 62 valence electrons. The van der Waals surface area contributed by atoms with Crippen molar-refractivity contribution < 1.29 is 4.74 Å². The molecular formula is C8H10Cl2O. The van der Waals surface area contributed by atoms with Gasteiger partial charge in [-0.25, -0.2) is 0 Å². The summed E-state index contributed by atoms with van der Waals surface area (Å²) in [5, 5.41) is 1.36. The molecule has 0 spiro atoms. The van der Waals surface area contributed by atoms with E-state index < -0.39 is 0 Å². The fourth-order valence-electron chi connectivity index (χ4n) is 0.460.